The lowest BCUT2D eigenvalue weighted by atomic mass is 10.1. The quantitative estimate of drug-likeness (QED) is 0.546. The van der Waals surface area contributed by atoms with Crippen LogP contribution in [0, 0.1) is 0 Å². The standard InChI is InChI=1S/C14H14F5NO6/c1-23-9-3-7(12(22)24-2)8(4-10(9)26-13(15)16)20-11(21)5-25-6-14(17,18)19/h3-4,13H,5-6H2,1-2H3,(H,20,21). The first-order valence-electron chi connectivity index (χ1n) is 6.77. The summed E-state index contributed by atoms with van der Waals surface area (Å²) in [5.74, 6) is -2.79. The summed E-state index contributed by atoms with van der Waals surface area (Å²) in [5.41, 5.74) is -0.635. The molecular weight excluding hydrogens is 373 g/mol. The fourth-order valence-corrected chi connectivity index (χ4v) is 1.74. The smallest absolute Gasteiger partial charge is 0.411 e. The number of carbonyl (C=O) groups excluding carboxylic acids is 2. The topological polar surface area (TPSA) is 83.1 Å². The molecule has 1 rings (SSSR count). The molecule has 0 saturated carbocycles. The molecule has 0 spiro atoms. The number of esters is 1. The molecule has 12 heteroatoms. The van der Waals surface area contributed by atoms with Crippen molar-refractivity contribution < 1.29 is 50.5 Å². The Kier molecular flexibility index (Phi) is 7.56. The van der Waals surface area contributed by atoms with Crippen LogP contribution in [-0.2, 0) is 14.3 Å². The molecule has 0 atom stereocenters. The van der Waals surface area contributed by atoms with Crippen LogP contribution in [0.2, 0.25) is 0 Å². The van der Waals surface area contributed by atoms with Crippen molar-refractivity contribution in [2.24, 2.45) is 0 Å². The summed E-state index contributed by atoms with van der Waals surface area (Å²) < 4.78 is 78.5. The Bertz CT molecular complexity index is 649. The summed E-state index contributed by atoms with van der Waals surface area (Å²) in [6.45, 7) is -5.88. The maximum atomic E-state index is 12.5. The second-order valence-corrected chi connectivity index (χ2v) is 4.57. The first kappa shape index (κ1) is 21.4. The number of hydrogen-bond acceptors (Lipinski definition) is 6. The minimum atomic E-state index is -4.63. The van der Waals surface area contributed by atoms with Gasteiger partial charge in [-0.1, -0.05) is 0 Å². The minimum Gasteiger partial charge on any atom is -0.493 e. The summed E-state index contributed by atoms with van der Waals surface area (Å²) in [4.78, 5) is 23.4. The van der Waals surface area contributed by atoms with E-state index >= 15 is 0 Å². The van der Waals surface area contributed by atoms with Crippen LogP contribution in [0.4, 0.5) is 27.6 Å². The molecule has 0 aliphatic rings. The molecule has 0 saturated heterocycles. The Morgan fingerprint density at radius 2 is 1.81 bits per heavy atom. The van der Waals surface area contributed by atoms with Gasteiger partial charge in [0.05, 0.1) is 25.5 Å². The Balaban J connectivity index is 3.05. The van der Waals surface area contributed by atoms with Gasteiger partial charge in [0.1, 0.15) is 13.2 Å². The van der Waals surface area contributed by atoms with Gasteiger partial charge in [-0.25, -0.2) is 4.79 Å². The number of anilines is 1. The zero-order valence-electron chi connectivity index (χ0n) is 13.5. The van der Waals surface area contributed by atoms with Gasteiger partial charge in [0.2, 0.25) is 5.91 Å². The maximum Gasteiger partial charge on any atom is 0.411 e. The summed E-state index contributed by atoms with van der Waals surface area (Å²) in [7, 11) is 2.15. The van der Waals surface area contributed by atoms with Crippen molar-refractivity contribution in [1.82, 2.24) is 0 Å². The average molecular weight is 387 g/mol. The van der Waals surface area contributed by atoms with Crippen molar-refractivity contribution >= 4 is 17.6 Å². The van der Waals surface area contributed by atoms with Crippen LogP contribution >= 0.6 is 0 Å². The van der Waals surface area contributed by atoms with Gasteiger partial charge in [-0.15, -0.1) is 0 Å². The van der Waals surface area contributed by atoms with Crippen molar-refractivity contribution in [2.75, 3.05) is 32.8 Å². The van der Waals surface area contributed by atoms with Crippen LogP contribution in [0.3, 0.4) is 0 Å². The molecule has 1 amide bonds. The van der Waals surface area contributed by atoms with Gasteiger partial charge in [-0.05, 0) is 0 Å². The highest BCUT2D eigenvalue weighted by Gasteiger charge is 2.28. The Labute approximate surface area is 144 Å². The number of rotatable bonds is 8. The number of methoxy groups -OCH3 is 2. The Morgan fingerprint density at radius 1 is 1.15 bits per heavy atom. The number of ether oxygens (including phenoxy) is 4. The highest BCUT2D eigenvalue weighted by molar-refractivity contribution is 6.02. The Hall–Kier alpha value is -2.63. The van der Waals surface area contributed by atoms with Crippen molar-refractivity contribution in [3.8, 4) is 11.5 Å². The molecule has 0 radical (unpaired) electrons. The van der Waals surface area contributed by atoms with Crippen LogP contribution in [0.25, 0.3) is 0 Å². The van der Waals surface area contributed by atoms with E-state index in [0.29, 0.717) is 0 Å². The van der Waals surface area contributed by atoms with E-state index in [-0.39, 0.29) is 17.0 Å². The third-order valence-corrected chi connectivity index (χ3v) is 2.70. The summed E-state index contributed by atoms with van der Waals surface area (Å²) in [6.07, 6.45) is -4.63. The van der Waals surface area contributed by atoms with Crippen LogP contribution in [-0.4, -0.2) is 52.1 Å². The Morgan fingerprint density at radius 3 is 2.31 bits per heavy atom. The van der Waals surface area contributed by atoms with Crippen LogP contribution in [0.5, 0.6) is 11.5 Å². The van der Waals surface area contributed by atoms with E-state index in [2.05, 4.69) is 19.5 Å². The van der Waals surface area contributed by atoms with Gasteiger partial charge in [-0.2, -0.15) is 22.0 Å². The van der Waals surface area contributed by atoms with E-state index in [1.165, 1.54) is 0 Å². The number of nitrogens with one attached hydrogen (secondary N) is 1. The zero-order chi connectivity index (χ0) is 19.9. The zero-order valence-corrected chi connectivity index (χ0v) is 13.5. The first-order valence-corrected chi connectivity index (χ1v) is 6.77. The van der Waals surface area contributed by atoms with Crippen LogP contribution in [0.1, 0.15) is 10.4 Å². The van der Waals surface area contributed by atoms with Crippen LogP contribution < -0.4 is 14.8 Å². The largest absolute Gasteiger partial charge is 0.493 e. The fourth-order valence-electron chi connectivity index (χ4n) is 1.74. The molecule has 1 N–H and O–H groups in total. The monoisotopic (exact) mass is 387 g/mol. The lowest BCUT2D eigenvalue weighted by Crippen LogP contribution is -2.24. The molecular formula is C14H14F5NO6. The van der Waals surface area contributed by atoms with Crippen molar-refractivity contribution in [3.05, 3.63) is 17.7 Å². The van der Waals surface area contributed by atoms with Crippen molar-refractivity contribution in [1.29, 1.82) is 0 Å². The predicted octanol–water partition coefficient (Wildman–Crippen LogP) is 2.60. The molecule has 0 aliphatic carbocycles. The molecule has 0 bridgehead atoms. The van der Waals surface area contributed by atoms with E-state index in [4.69, 9.17) is 4.74 Å². The highest BCUT2D eigenvalue weighted by atomic mass is 19.4. The molecule has 7 nitrogen and oxygen atoms in total. The number of carbonyl (C=O) groups is 2. The lowest BCUT2D eigenvalue weighted by molar-refractivity contribution is -0.174. The maximum absolute atomic E-state index is 12.5. The van der Waals surface area contributed by atoms with Crippen molar-refractivity contribution in [3.63, 3.8) is 0 Å². The van der Waals surface area contributed by atoms with Gasteiger partial charge in [0, 0.05) is 12.1 Å². The molecule has 1 aromatic rings. The number of halogens is 5. The fraction of sp³-hybridized carbons (Fsp3) is 0.429. The summed E-state index contributed by atoms with van der Waals surface area (Å²) in [6, 6.07) is 1.81. The van der Waals surface area contributed by atoms with E-state index in [1.54, 1.807) is 0 Å². The van der Waals surface area contributed by atoms with Crippen molar-refractivity contribution in [2.45, 2.75) is 12.8 Å². The van der Waals surface area contributed by atoms with Gasteiger partial charge >= 0.3 is 18.8 Å². The third-order valence-electron chi connectivity index (χ3n) is 2.70. The van der Waals surface area contributed by atoms with E-state index in [0.717, 1.165) is 26.4 Å². The average Bonchev–Trinajstić information content (AvgIpc) is 2.52. The second kappa shape index (κ2) is 9.17. The number of amides is 1. The van der Waals surface area contributed by atoms with E-state index in [9.17, 15) is 31.5 Å². The van der Waals surface area contributed by atoms with E-state index in [1.807, 2.05) is 0 Å². The third kappa shape index (κ3) is 6.70. The predicted molar refractivity (Wildman–Crippen MR) is 76.5 cm³/mol. The molecule has 0 aromatic heterocycles. The normalized spacial score (nSPS) is 11.2. The molecule has 0 aliphatic heterocycles. The summed E-state index contributed by atoms with van der Waals surface area (Å²) >= 11 is 0. The molecule has 26 heavy (non-hydrogen) atoms. The SMILES string of the molecule is COC(=O)c1cc(OC)c(OC(F)F)cc1NC(=O)COCC(F)(F)F. The van der Waals surface area contributed by atoms with Gasteiger partial charge < -0.3 is 24.3 Å². The van der Waals surface area contributed by atoms with Gasteiger partial charge in [0.25, 0.3) is 0 Å². The number of hydrogen-bond donors (Lipinski definition) is 1. The highest BCUT2D eigenvalue weighted by Crippen LogP contribution is 2.35. The minimum absolute atomic E-state index is 0.253. The lowest BCUT2D eigenvalue weighted by Gasteiger charge is -2.15. The molecule has 0 fully saturated rings. The first-order chi connectivity index (χ1) is 12.1. The van der Waals surface area contributed by atoms with Gasteiger partial charge in [0.15, 0.2) is 11.5 Å². The number of benzene rings is 1. The van der Waals surface area contributed by atoms with Gasteiger partial charge in [-0.3, -0.25) is 4.79 Å². The molecule has 146 valence electrons. The second-order valence-electron chi connectivity index (χ2n) is 4.57. The summed E-state index contributed by atoms with van der Waals surface area (Å²) in [5, 5.41) is 2.06. The van der Waals surface area contributed by atoms with E-state index < -0.39 is 43.6 Å². The molecule has 0 unspecified atom stereocenters. The molecule has 0 heterocycles. The number of alkyl halides is 5. The molecule has 1 aromatic carbocycles. The van der Waals surface area contributed by atoms with Crippen LogP contribution in [0.15, 0.2) is 12.1 Å².